The predicted molar refractivity (Wildman–Crippen MR) is 77.2 cm³/mol. The van der Waals surface area contributed by atoms with Crippen molar-refractivity contribution < 1.29 is 22.4 Å². The van der Waals surface area contributed by atoms with Crippen molar-refractivity contribution in [3.63, 3.8) is 0 Å². The highest BCUT2D eigenvalue weighted by atomic mass is 19.2. The van der Waals surface area contributed by atoms with Crippen LogP contribution < -0.4 is 5.32 Å². The van der Waals surface area contributed by atoms with Crippen molar-refractivity contribution in [3.05, 3.63) is 71.4 Å². The third kappa shape index (κ3) is 3.43. The number of benzene rings is 2. The van der Waals surface area contributed by atoms with E-state index in [1.54, 1.807) is 0 Å². The van der Waals surface area contributed by atoms with Gasteiger partial charge in [-0.15, -0.1) is 10.2 Å². The van der Waals surface area contributed by atoms with Crippen molar-refractivity contribution in [2.24, 2.45) is 0 Å². The second kappa shape index (κ2) is 6.53. The van der Waals surface area contributed by atoms with E-state index in [0.717, 1.165) is 18.2 Å². The number of amides is 1. The van der Waals surface area contributed by atoms with Crippen molar-refractivity contribution in [2.75, 3.05) is 0 Å². The lowest BCUT2D eigenvalue weighted by Crippen LogP contribution is -2.23. The maximum absolute atomic E-state index is 13.1. The van der Waals surface area contributed by atoms with Crippen LogP contribution in [0.2, 0.25) is 0 Å². The van der Waals surface area contributed by atoms with Gasteiger partial charge in [-0.1, -0.05) is 0 Å². The van der Waals surface area contributed by atoms with Gasteiger partial charge in [0.05, 0.1) is 6.54 Å². The third-order valence-electron chi connectivity index (χ3n) is 3.14. The van der Waals surface area contributed by atoms with Crippen LogP contribution in [0.1, 0.15) is 16.2 Å². The van der Waals surface area contributed by atoms with Gasteiger partial charge in [-0.05, 0) is 42.5 Å². The summed E-state index contributed by atoms with van der Waals surface area (Å²) < 4.78 is 44.2. The molecule has 8 heteroatoms. The van der Waals surface area contributed by atoms with Gasteiger partial charge in [-0.2, -0.15) is 0 Å². The van der Waals surface area contributed by atoms with Gasteiger partial charge in [0.15, 0.2) is 11.6 Å². The number of nitrogens with zero attached hydrogens (tertiary/aromatic N) is 2. The van der Waals surface area contributed by atoms with E-state index in [9.17, 15) is 18.0 Å². The Bertz CT molecular complexity index is 879. The Balaban J connectivity index is 1.65. The number of rotatable bonds is 4. The number of carbonyl (C=O) groups excluding carboxylic acids is 1. The van der Waals surface area contributed by atoms with Gasteiger partial charge in [0.1, 0.15) is 5.82 Å². The molecule has 0 bridgehead atoms. The molecule has 0 aliphatic heterocycles. The predicted octanol–water partition coefficient (Wildman–Crippen LogP) is 3.08. The quantitative estimate of drug-likeness (QED) is 0.797. The van der Waals surface area contributed by atoms with E-state index >= 15 is 0 Å². The zero-order valence-electron chi connectivity index (χ0n) is 12.1. The fraction of sp³-hybridized carbons (Fsp3) is 0.0625. The van der Waals surface area contributed by atoms with E-state index in [2.05, 4.69) is 15.5 Å². The molecule has 1 aromatic heterocycles. The first kappa shape index (κ1) is 15.7. The minimum Gasteiger partial charge on any atom is -0.419 e. The highest BCUT2D eigenvalue weighted by Gasteiger charge is 2.12. The number of carbonyl (C=O) groups is 1. The molecule has 1 N–H and O–H groups in total. The van der Waals surface area contributed by atoms with E-state index in [4.69, 9.17) is 4.42 Å². The van der Waals surface area contributed by atoms with E-state index in [1.807, 2.05) is 0 Å². The first-order chi connectivity index (χ1) is 11.5. The molecule has 0 aliphatic carbocycles. The molecule has 0 saturated carbocycles. The maximum atomic E-state index is 13.1. The molecule has 1 heterocycles. The number of nitrogens with one attached hydrogen (secondary N) is 1. The molecule has 5 nitrogen and oxygen atoms in total. The molecule has 3 aromatic rings. The largest absolute Gasteiger partial charge is 0.419 e. The van der Waals surface area contributed by atoms with Crippen LogP contribution in [0, 0.1) is 17.5 Å². The third-order valence-corrected chi connectivity index (χ3v) is 3.14. The molecule has 1 amide bonds. The fourth-order valence-corrected chi connectivity index (χ4v) is 1.93. The van der Waals surface area contributed by atoms with Gasteiger partial charge in [-0.3, -0.25) is 4.79 Å². The smallest absolute Gasteiger partial charge is 0.251 e. The average molecular weight is 333 g/mol. The van der Waals surface area contributed by atoms with Crippen molar-refractivity contribution in [1.29, 1.82) is 0 Å². The second-order valence-corrected chi connectivity index (χ2v) is 4.82. The van der Waals surface area contributed by atoms with E-state index in [1.165, 1.54) is 24.3 Å². The lowest BCUT2D eigenvalue weighted by Gasteiger charge is -2.03. The lowest BCUT2D eigenvalue weighted by atomic mass is 10.2. The number of hydrogen-bond donors (Lipinski definition) is 1. The standard InChI is InChI=1S/C16H10F3N3O2/c17-11-4-1-9(2-5-11)16-22-21-14(24-16)8-20-15(23)10-3-6-12(18)13(19)7-10/h1-7H,8H2,(H,20,23). The highest BCUT2D eigenvalue weighted by molar-refractivity contribution is 5.94. The van der Waals surface area contributed by atoms with Crippen molar-refractivity contribution in [3.8, 4) is 11.5 Å². The maximum Gasteiger partial charge on any atom is 0.251 e. The molecule has 0 radical (unpaired) electrons. The van der Waals surface area contributed by atoms with Crippen molar-refractivity contribution in [2.45, 2.75) is 6.54 Å². The van der Waals surface area contributed by atoms with Gasteiger partial charge in [-0.25, -0.2) is 13.2 Å². The minimum atomic E-state index is -1.11. The van der Waals surface area contributed by atoms with E-state index < -0.39 is 23.4 Å². The van der Waals surface area contributed by atoms with Crippen LogP contribution in [0.25, 0.3) is 11.5 Å². The highest BCUT2D eigenvalue weighted by Crippen LogP contribution is 2.18. The number of aromatic nitrogens is 2. The van der Waals surface area contributed by atoms with Crippen LogP contribution >= 0.6 is 0 Å². The Morgan fingerprint density at radius 1 is 1.00 bits per heavy atom. The SMILES string of the molecule is O=C(NCc1nnc(-c2ccc(F)cc2)o1)c1ccc(F)c(F)c1. The van der Waals surface area contributed by atoms with Crippen LogP contribution in [0.3, 0.4) is 0 Å². The second-order valence-electron chi connectivity index (χ2n) is 4.82. The van der Waals surface area contributed by atoms with Gasteiger partial charge in [0.2, 0.25) is 11.8 Å². The topological polar surface area (TPSA) is 68.0 Å². The summed E-state index contributed by atoms with van der Waals surface area (Å²) in [4.78, 5) is 11.9. The van der Waals surface area contributed by atoms with Crippen LogP contribution in [0.4, 0.5) is 13.2 Å². The van der Waals surface area contributed by atoms with Gasteiger partial charge < -0.3 is 9.73 Å². The molecule has 0 fully saturated rings. The van der Waals surface area contributed by atoms with Crippen LogP contribution in [-0.4, -0.2) is 16.1 Å². The molecule has 24 heavy (non-hydrogen) atoms. The molecule has 122 valence electrons. The Morgan fingerprint density at radius 2 is 1.75 bits per heavy atom. The zero-order chi connectivity index (χ0) is 17.1. The lowest BCUT2D eigenvalue weighted by molar-refractivity contribution is 0.0946. The average Bonchev–Trinajstić information content (AvgIpc) is 3.05. The van der Waals surface area contributed by atoms with E-state index in [0.29, 0.717) is 5.56 Å². The molecular formula is C16H10F3N3O2. The summed E-state index contributed by atoms with van der Waals surface area (Å²) in [6, 6.07) is 8.28. The minimum absolute atomic E-state index is 0.0350. The van der Waals surface area contributed by atoms with Gasteiger partial charge >= 0.3 is 0 Å². The monoisotopic (exact) mass is 333 g/mol. The molecule has 3 rings (SSSR count). The molecule has 2 aromatic carbocycles. The van der Waals surface area contributed by atoms with Crippen molar-refractivity contribution in [1.82, 2.24) is 15.5 Å². The molecule has 0 atom stereocenters. The number of halogens is 3. The fourth-order valence-electron chi connectivity index (χ4n) is 1.93. The Kier molecular flexibility index (Phi) is 4.28. The van der Waals surface area contributed by atoms with Gasteiger partial charge in [0.25, 0.3) is 5.91 Å². The summed E-state index contributed by atoms with van der Waals surface area (Å²) in [6.07, 6.45) is 0. The molecular weight excluding hydrogens is 323 g/mol. The Hall–Kier alpha value is -3.16. The molecule has 0 spiro atoms. The van der Waals surface area contributed by atoms with E-state index in [-0.39, 0.29) is 23.9 Å². The zero-order valence-corrected chi connectivity index (χ0v) is 12.1. The summed E-state index contributed by atoms with van der Waals surface area (Å²) >= 11 is 0. The van der Waals surface area contributed by atoms with Crippen LogP contribution in [-0.2, 0) is 6.54 Å². The van der Waals surface area contributed by atoms with Crippen LogP contribution in [0.5, 0.6) is 0 Å². The first-order valence-corrected chi connectivity index (χ1v) is 6.84. The summed E-state index contributed by atoms with van der Waals surface area (Å²) in [7, 11) is 0. The van der Waals surface area contributed by atoms with Gasteiger partial charge in [0, 0.05) is 11.1 Å². The summed E-state index contributed by atoms with van der Waals surface area (Å²) in [5, 5.41) is 10.00. The normalized spacial score (nSPS) is 10.6. The molecule has 0 saturated heterocycles. The number of hydrogen-bond acceptors (Lipinski definition) is 4. The molecule has 0 unspecified atom stereocenters. The Labute approximate surface area is 134 Å². The van der Waals surface area contributed by atoms with Crippen molar-refractivity contribution >= 4 is 5.91 Å². The Morgan fingerprint density at radius 3 is 2.46 bits per heavy atom. The summed E-state index contributed by atoms with van der Waals surface area (Å²) in [6.45, 7) is -0.0912. The molecule has 0 aliphatic rings. The van der Waals surface area contributed by atoms with Crippen LogP contribution in [0.15, 0.2) is 46.9 Å². The first-order valence-electron chi connectivity index (χ1n) is 6.84. The summed E-state index contributed by atoms with van der Waals surface area (Å²) in [5.74, 6) is -2.86. The summed E-state index contributed by atoms with van der Waals surface area (Å²) in [5.41, 5.74) is 0.495.